The number of amides is 1. The van der Waals surface area contributed by atoms with Crippen LogP contribution < -0.4 is 14.8 Å². The van der Waals surface area contributed by atoms with Crippen molar-refractivity contribution in [2.45, 2.75) is 38.7 Å². The first-order valence-corrected chi connectivity index (χ1v) is 9.47. The molecule has 0 radical (unpaired) electrons. The molecule has 0 spiro atoms. The number of hydrogen-bond acceptors (Lipinski definition) is 4. The van der Waals surface area contributed by atoms with E-state index < -0.39 is 0 Å². The average molecular weight is 369 g/mol. The van der Waals surface area contributed by atoms with Gasteiger partial charge in [0, 0.05) is 12.3 Å². The van der Waals surface area contributed by atoms with Crippen LogP contribution in [0.15, 0.2) is 48.5 Å². The zero-order valence-corrected chi connectivity index (χ0v) is 15.9. The molecule has 3 rings (SSSR count). The predicted octanol–water partition coefficient (Wildman–Crippen LogP) is 4.39. The van der Waals surface area contributed by atoms with Crippen LogP contribution in [0.25, 0.3) is 0 Å². The fourth-order valence-corrected chi connectivity index (χ4v) is 2.89. The fraction of sp³-hybridized carbons (Fsp3) is 0.409. The molecular formula is C22H27NO4. The number of nitrogens with one attached hydrogen (secondary N) is 1. The van der Waals surface area contributed by atoms with Gasteiger partial charge in [0.2, 0.25) is 0 Å². The van der Waals surface area contributed by atoms with Crippen LogP contribution in [0.3, 0.4) is 0 Å². The van der Waals surface area contributed by atoms with Gasteiger partial charge in [-0.05, 0) is 60.7 Å². The van der Waals surface area contributed by atoms with Crippen LogP contribution in [-0.4, -0.2) is 31.8 Å². The van der Waals surface area contributed by atoms with Crippen molar-refractivity contribution in [3.05, 3.63) is 54.1 Å². The Morgan fingerprint density at radius 3 is 2.37 bits per heavy atom. The Bertz CT molecular complexity index is 719. The van der Waals surface area contributed by atoms with Gasteiger partial charge < -0.3 is 19.5 Å². The maximum Gasteiger partial charge on any atom is 0.262 e. The van der Waals surface area contributed by atoms with E-state index in [1.807, 2.05) is 48.5 Å². The maximum atomic E-state index is 12.1. The normalized spacial score (nSPS) is 16.3. The van der Waals surface area contributed by atoms with E-state index in [4.69, 9.17) is 14.2 Å². The minimum absolute atomic E-state index is 0.0295. The van der Waals surface area contributed by atoms with Crippen LogP contribution in [-0.2, 0) is 9.53 Å². The van der Waals surface area contributed by atoms with E-state index >= 15 is 0 Å². The van der Waals surface area contributed by atoms with E-state index in [2.05, 4.69) is 19.2 Å². The van der Waals surface area contributed by atoms with Gasteiger partial charge in [0.25, 0.3) is 5.91 Å². The molecule has 1 N–H and O–H groups in total. The number of rotatable bonds is 8. The summed E-state index contributed by atoms with van der Waals surface area (Å²) in [6.45, 7) is 5.64. The number of carbonyl (C=O) groups excluding carboxylic acids is 1. The van der Waals surface area contributed by atoms with E-state index in [9.17, 15) is 4.79 Å². The number of ether oxygens (including phenoxy) is 3. The summed E-state index contributed by atoms with van der Waals surface area (Å²) in [4.78, 5) is 12.1. The minimum Gasteiger partial charge on any atom is -0.491 e. The lowest BCUT2D eigenvalue weighted by Gasteiger charge is -2.12. The van der Waals surface area contributed by atoms with E-state index in [1.165, 1.54) is 5.56 Å². The van der Waals surface area contributed by atoms with Gasteiger partial charge in [-0.1, -0.05) is 26.0 Å². The minimum atomic E-state index is -0.198. The smallest absolute Gasteiger partial charge is 0.262 e. The molecule has 5 heteroatoms. The molecule has 0 aliphatic carbocycles. The van der Waals surface area contributed by atoms with Crippen molar-refractivity contribution in [3.8, 4) is 11.5 Å². The molecule has 0 saturated carbocycles. The van der Waals surface area contributed by atoms with E-state index in [0.717, 1.165) is 25.2 Å². The lowest BCUT2D eigenvalue weighted by molar-refractivity contribution is -0.118. The van der Waals surface area contributed by atoms with Gasteiger partial charge in [-0.15, -0.1) is 0 Å². The van der Waals surface area contributed by atoms with Gasteiger partial charge >= 0.3 is 0 Å². The lowest BCUT2D eigenvalue weighted by atomic mass is 10.0. The number of hydrogen-bond donors (Lipinski definition) is 1. The molecule has 1 heterocycles. The molecule has 2 aromatic carbocycles. The Kier molecular flexibility index (Phi) is 6.71. The predicted molar refractivity (Wildman–Crippen MR) is 106 cm³/mol. The summed E-state index contributed by atoms with van der Waals surface area (Å²) in [6, 6.07) is 15.2. The van der Waals surface area contributed by atoms with Gasteiger partial charge in [-0.2, -0.15) is 0 Å². The molecule has 1 fully saturated rings. The molecule has 0 aromatic heterocycles. The summed E-state index contributed by atoms with van der Waals surface area (Å²) >= 11 is 0. The SMILES string of the molecule is CC(C)c1ccc(OCC(=O)Nc2ccc(OC[C@H]3CCCO3)cc2)cc1. The average Bonchev–Trinajstić information content (AvgIpc) is 3.20. The van der Waals surface area contributed by atoms with Crippen molar-refractivity contribution in [1.82, 2.24) is 0 Å². The second-order valence-electron chi connectivity index (χ2n) is 7.03. The highest BCUT2D eigenvalue weighted by atomic mass is 16.5. The quantitative estimate of drug-likeness (QED) is 0.750. The van der Waals surface area contributed by atoms with Crippen LogP contribution >= 0.6 is 0 Å². The summed E-state index contributed by atoms with van der Waals surface area (Å²) in [5.74, 6) is 1.73. The topological polar surface area (TPSA) is 56.8 Å². The summed E-state index contributed by atoms with van der Waals surface area (Å²) < 4.78 is 16.8. The van der Waals surface area contributed by atoms with Crippen molar-refractivity contribution < 1.29 is 19.0 Å². The van der Waals surface area contributed by atoms with Gasteiger partial charge in [-0.25, -0.2) is 0 Å². The van der Waals surface area contributed by atoms with Crippen LogP contribution in [0.2, 0.25) is 0 Å². The zero-order valence-electron chi connectivity index (χ0n) is 15.9. The van der Waals surface area contributed by atoms with Crippen molar-refractivity contribution in [2.75, 3.05) is 25.1 Å². The molecule has 1 amide bonds. The van der Waals surface area contributed by atoms with Crippen LogP contribution in [0, 0.1) is 0 Å². The van der Waals surface area contributed by atoms with E-state index in [1.54, 1.807) is 0 Å². The van der Waals surface area contributed by atoms with Gasteiger partial charge in [0.1, 0.15) is 18.1 Å². The fourth-order valence-electron chi connectivity index (χ4n) is 2.89. The molecule has 1 aliphatic heterocycles. The molecule has 5 nitrogen and oxygen atoms in total. The van der Waals surface area contributed by atoms with Crippen molar-refractivity contribution >= 4 is 11.6 Å². The molecule has 1 saturated heterocycles. The van der Waals surface area contributed by atoms with Crippen molar-refractivity contribution in [3.63, 3.8) is 0 Å². The van der Waals surface area contributed by atoms with Gasteiger partial charge in [-0.3, -0.25) is 4.79 Å². The van der Waals surface area contributed by atoms with Crippen molar-refractivity contribution in [1.29, 1.82) is 0 Å². The Labute approximate surface area is 160 Å². The largest absolute Gasteiger partial charge is 0.491 e. The lowest BCUT2D eigenvalue weighted by Crippen LogP contribution is -2.20. The maximum absolute atomic E-state index is 12.1. The van der Waals surface area contributed by atoms with Crippen LogP contribution in [0.1, 0.15) is 38.2 Å². The monoisotopic (exact) mass is 369 g/mol. The van der Waals surface area contributed by atoms with E-state index in [-0.39, 0.29) is 18.6 Å². The Hall–Kier alpha value is -2.53. The molecule has 2 aromatic rings. The van der Waals surface area contributed by atoms with Gasteiger partial charge in [0.05, 0.1) is 6.10 Å². The highest BCUT2D eigenvalue weighted by molar-refractivity contribution is 5.91. The summed E-state index contributed by atoms with van der Waals surface area (Å²) in [5.41, 5.74) is 1.96. The molecule has 0 bridgehead atoms. The first-order valence-electron chi connectivity index (χ1n) is 9.47. The molecule has 144 valence electrons. The first kappa shape index (κ1) is 19.2. The number of carbonyl (C=O) groups is 1. The van der Waals surface area contributed by atoms with Crippen LogP contribution in [0.5, 0.6) is 11.5 Å². The molecule has 1 atom stereocenters. The number of benzene rings is 2. The summed E-state index contributed by atoms with van der Waals surface area (Å²) in [7, 11) is 0. The standard InChI is InChI=1S/C22H27NO4/c1-16(2)17-5-9-19(10-6-17)27-15-22(24)23-18-7-11-20(12-8-18)26-14-21-4-3-13-25-21/h5-12,16,21H,3-4,13-15H2,1-2H3,(H,23,24)/t21-/m1/s1. The molecule has 27 heavy (non-hydrogen) atoms. The van der Waals surface area contributed by atoms with Gasteiger partial charge in [0.15, 0.2) is 6.61 Å². The highest BCUT2D eigenvalue weighted by Crippen LogP contribution is 2.20. The zero-order chi connectivity index (χ0) is 19.1. The summed E-state index contributed by atoms with van der Waals surface area (Å²) in [5, 5.41) is 2.82. The third-order valence-corrected chi connectivity index (χ3v) is 4.51. The first-order chi connectivity index (χ1) is 13.1. The third-order valence-electron chi connectivity index (χ3n) is 4.51. The molecule has 0 unspecified atom stereocenters. The second-order valence-corrected chi connectivity index (χ2v) is 7.03. The Balaban J connectivity index is 1.41. The van der Waals surface area contributed by atoms with Crippen LogP contribution in [0.4, 0.5) is 5.69 Å². The highest BCUT2D eigenvalue weighted by Gasteiger charge is 2.15. The second kappa shape index (κ2) is 9.42. The molecule has 1 aliphatic rings. The Morgan fingerprint density at radius 1 is 1.07 bits per heavy atom. The van der Waals surface area contributed by atoms with E-state index in [0.29, 0.717) is 24.0 Å². The van der Waals surface area contributed by atoms with Crippen molar-refractivity contribution in [2.24, 2.45) is 0 Å². The third kappa shape index (κ3) is 6.00. The molecular weight excluding hydrogens is 342 g/mol. The summed E-state index contributed by atoms with van der Waals surface area (Å²) in [6.07, 6.45) is 2.34. The Morgan fingerprint density at radius 2 is 1.74 bits per heavy atom. The number of anilines is 1.